The first-order chi connectivity index (χ1) is 14.5. The Morgan fingerprint density at radius 2 is 1.70 bits per heavy atom. The highest BCUT2D eigenvalue weighted by Crippen LogP contribution is 2.34. The largest absolute Gasteiger partial charge is 0.454 e. The molecule has 0 aliphatic carbocycles. The normalized spacial score (nSPS) is 17.6. The highest BCUT2D eigenvalue weighted by atomic mass is 19.1. The van der Waals surface area contributed by atoms with Crippen molar-refractivity contribution in [3.8, 4) is 11.5 Å². The van der Waals surface area contributed by atoms with Crippen molar-refractivity contribution in [3.05, 3.63) is 59.4 Å². The number of hydrogen-bond acceptors (Lipinski definition) is 5. The van der Waals surface area contributed by atoms with Gasteiger partial charge in [-0.05, 0) is 55.3 Å². The van der Waals surface area contributed by atoms with E-state index in [0.717, 1.165) is 6.42 Å². The van der Waals surface area contributed by atoms with Gasteiger partial charge in [-0.15, -0.1) is 0 Å². The molecule has 1 atom stereocenters. The number of halogens is 1. The third kappa shape index (κ3) is 4.35. The fraction of sp³-hybridized carbons (Fsp3) is 0.348. The molecular formula is C23H22FNO5. The number of fused-ring (bicyclic) bond motifs is 1. The zero-order chi connectivity index (χ0) is 21.1. The van der Waals surface area contributed by atoms with E-state index in [4.69, 9.17) is 9.47 Å². The number of ketones is 2. The van der Waals surface area contributed by atoms with Crippen molar-refractivity contribution in [1.29, 1.82) is 0 Å². The number of ether oxygens (including phenoxy) is 2. The summed E-state index contributed by atoms with van der Waals surface area (Å²) in [6.07, 6.45) is 1.58. The molecule has 6 nitrogen and oxygen atoms in total. The minimum Gasteiger partial charge on any atom is -0.454 e. The van der Waals surface area contributed by atoms with E-state index in [-0.39, 0.29) is 43.0 Å². The first-order valence-corrected chi connectivity index (χ1v) is 10.0. The quantitative estimate of drug-likeness (QED) is 0.679. The number of hydrogen-bond donors (Lipinski definition) is 0. The molecule has 1 amide bonds. The second-order valence-corrected chi connectivity index (χ2v) is 7.54. The molecule has 0 saturated carbocycles. The Hall–Kier alpha value is -3.22. The van der Waals surface area contributed by atoms with Crippen molar-refractivity contribution >= 4 is 17.5 Å². The highest BCUT2D eigenvalue weighted by molar-refractivity contribution is 5.99. The van der Waals surface area contributed by atoms with Gasteiger partial charge < -0.3 is 14.4 Å². The molecule has 2 aromatic rings. The van der Waals surface area contributed by atoms with Gasteiger partial charge in [0.25, 0.3) is 0 Å². The summed E-state index contributed by atoms with van der Waals surface area (Å²) in [5.74, 6) is 0.127. The molecule has 0 aromatic heterocycles. The van der Waals surface area contributed by atoms with Crippen LogP contribution in [-0.2, 0) is 4.79 Å². The Labute approximate surface area is 173 Å². The molecule has 2 heterocycles. The van der Waals surface area contributed by atoms with Crippen molar-refractivity contribution in [1.82, 2.24) is 4.90 Å². The van der Waals surface area contributed by atoms with E-state index in [1.165, 1.54) is 24.3 Å². The van der Waals surface area contributed by atoms with Crippen LogP contribution in [0.5, 0.6) is 11.5 Å². The van der Waals surface area contributed by atoms with Gasteiger partial charge in [-0.1, -0.05) is 0 Å². The van der Waals surface area contributed by atoms with Gasteiger partial charge in [0.05, 0.1) is 0 Å². The van der Waals surface area contributed by atoms with Gasteiger partial charge in [-0.3, -0.25) is 14.4 Å². The van der Waals surface area contributed by atoms with E-state index in [1.54, 1.807) is 23.1 Å². The maximum absolute atomic E-state index is 13.0. The standard InChI is InChI=1S/C23H22FNO5/c24-18-6-3-15(4-7-18)19(26)8-10-22(27)25-11-1-2-17(13-25)23(28)16-5-9-20-21(12-16)30-14-29-20/h3-7,9,12,17H,1-2,8,10-11,13-14H2. The van der Waals surface area contributed by atoms with Gasteiger partial charge in [-0.25, -0.2) is 4.39 Å². The third-order valence-electron chi connectivity index (χ3n) is 5.53. The van der Waals surface area contributed by atoms with Crippen LogP contribution < -0.4 is 9.47 Å². The van der Waals surface area contributed by atoms with Crippen LogP contribution in [0.3, 0.4) is 0 Å². The lowest BCUT2D eigenvalue weighted by atomic mass is 9.89. The number of amides is 1. The minimum absolute atomic E-state index is 0.0202. The summed E-state index contributed by atoms with van der Waals surface area (Å²) in [7, 11) is 0. The number of rotatable bonds is 6. The molecule has 2 aliphatic heterocycles. The number of nitrogens with zero attached hydrogens (tertiary/aromatic N) is 1. The van der Waals surface area contributed by atoms with Crippen LogP contribution in [0.2, 0.25) is 0 Å². The fourth-order valence-corrected chi connectivity index (χ4v) is 3.86. The van der Waals surface area contributed by atoms with E-state index in [0.29, 0.717) is 42.1 Å². The molecule has 0 N–H and O–H groups in total. The lowest BCUT2D eigenvalue weighted by molar-refractivity contribution is -0.132. The SMILES string of the molecule is O=C(CCC(=O)N1CCCC(C(=O)c2ccc3c(c2)OCO3)C1)c1ccc(F)cc1. The molecule has 4 rings (SSSR count). The minimum atomic E-state index is -0.408. The molecule has 156 valence electrons. The van der Waals surface area contributed by atoms with E-state index in [1.807, 2.05) is 0 Å². The topological polar surface area (TPSA) is 72.9 Å². The molecule has 1 saturated heterocycles. The first-order valence-electron chi connectivity index (χ1n) is 10.0. The summed E-state index contributed by atoms with van der Waals surface area (Å²) >= 11 is 0. The summed E-state index contributed by atoms with van der Waals surface area (Å²) in [4.78, 5) is 39.4. The molecule has 1 unspecified atom stereocenters. The zero-order valence-corrected chi connectivity index (χ0v) is 16.4. The lowest BCUT2D eigenvalue weighted by Crippen LogP contribution is -2.42. The average molecular weight is 411 g/mol. The van der Waals surface area contributed by atoms with Gasteiger partial charge in [-0.2, -0.15) is 0 Å². The predicted octanol–water partition coefficient (Wildman–Crippen LogP) is 3.64. The number of Topliss-reactive ketones (excluding diaryl/α,β-unsaturated/α-hetero) is 2. The van der Waals surface area contributed by atoms with Crippen LogP contribution in [0.4, 0.5) is 4.39 Å². The van der Waals surface area contributed by atoms with Crippen molar-refractivity contribution in [2.75, 3.05) is 19.9 Å². The summed E-state index contributed by atoms with van der Waals surface area (Å²) in [6, 6.07) is 10.4. The second kappa shape index (κ2) is 8.65. The Morgan fingerprint density at radius 3 is 2.50 bits per heavy atom. The number of piperidine rings is 1. The average Bonchev–Trinajstić information content (AvgIpc) is 3.25. The Kier molecular flexibility index (Phi) is 5.79. The molecule has 0 radical (unpaired) electrons. The van der Waals surface area contributed by atoms with Crippen LogP contribution >= 0.6 is 0 Å². The Balaban J connectivity index is 1.34. The smallest absolute Gasteiger partial charge is 0.231 e. The number of carbonyl (C=O) groups excluding carboxylic acids is 3. The van der Waals surface area contributed by atoms with Gasteiger partial charge in [0, 0.05) is 43.0 Å². The van der Waals surface area contributed by atoms with Crippen molar-refractivity contribution in [2.45, 2.75) is 25.7 Å². The molecule has 1 fully saturated rings. The predicted molar refractivity (Wildman–Crippen MR) is 106 cm³/mol. The third-order valence-corrected chi connectivity index (χ3v) is 5.53. The highest BCUT2D eigenvalue weighted by Gasteiger charge is 2.30. The van der Waals surface area contributed by atoms with E-state index < -0.39 is 5.82 Å². The van der Waals surface area contributed by atoms with Crippen molar-refractivity contribution in [2.24, 2.45) is 5.92 Å². The van der Waals surface area contributed by atoms with Gasteiger partial charge in [0.1, 0.15) is 5.82 Å². The van der Waals surface area contributed by atoms with Gasteiger partial charge in [0.15, 0.2) is 23.1 Å². The van der Waals surface area contributed by atoms with Crippen molar-refractivity contribution in [3.63, 3.8) is 0 Å². The molecule has 2 aliphatic rings. The molecule has 0 spiro atoms. The maximum Gasteiger partial charge on any atom is 0.231 e. The Bertz CT molecular complexity index is 972. The maximum atomic E-state index is 13.0. The summed E-state index contributed by atoms with van der Waals surface area (Å²) in [5.41, 5.74) is 0.934. The monoisotopic (exact) mass is 411 g/mol. The second-order valence-electron chi connectivity index (χ2n) is 7.54. The summed E-state index contributed by atoms with van der Waals surface area (Å²) in [6.45, 7) is 1.07. The molecule has 30 heavy (non-hydrogen) atoms. The van der Waals surface area contributed by atoms with Gasteiger partial charge >= 0.3 is 0 Å². The van der Waals surface area contributed by atoms with Crippen LogP contribution in [0.25, 0.3) is 0 Å². The number of carbonyl (C=O) groups is 3. The van der Waals surface area contributed by atoms with Crippen LogP contribution in [0, 0.1) is 11.7 Å². The summed E-state index contributed by atoms with van der Waals surface area (Å²) in [5, 5.41) is 0. The summed E-state index contributed by atoms with van der Waals surface area (Å²) < 4.78 is 23.6. The lowest BCUT2D eigenvalue weighted by Gasteiger charge is -2.32. The van der Waals surface area contributed by atoms with E-state index in [9.17, 15) is 18.8 Å². The molecule has 2 aromatic carbocycles. The molecular weight excluding hydrogens is 389 g/mol. The van der Waals surface area contributed by atoms with Crippen molar-refractivity contribution < 1.29 is 28.2 Å². The van der Waals surface area contributed by atoms with Crippen LogP contribution in [0.1, 0.15) is 46.4 Å². The van der Waals surface area contributed by atoms with E-state index >= 15 is 0 Å². The van der Waals surface area contributed by atoms with Crippen LogP contribution in [0.15, 0.2) is 42.5 Å². The number of benzene rings is 2. The number of likely N-dealkylation sites (tertiary alicyclic amines) is 1. The molecule has 7 heteroatoms. The molecule has 0 bridgehead atoms. The van der Waals surface area contributed by atoms with Crippen LogP contribution in [-0.4, -0.2) is 42.3 Å². The zero-order valence-electron chi connectivity index (χ0n) is 16.4. The van der Waals surface area contributed by atoms with E-state index in [2.05, 4.69) is 0 Å². The first kappa shape index (κ1) is 20.1. The Morgan fingerprint density at radius 1 is 0.967 bits per heavy atom. The fourth-order valence-electron chi connectivity index (χ4n) is 3.86. The van der Waals surface area contributed by atoms with Gasteiger partial charge in [0.2, 0.25) is 12.7 Å².